The van der Waals surface area contributed by atoms with Crippen molar-refractivity contribution in [3.05, 3.63) is 114 Å². The Bertz CT molecular complexity index is 1760. The second-order valence-corrected chi connectivity index (χ2v) is 12.1. The molecule has 5 aromatic rings. The molecule has 2 aromatic carbocycles. The van der Waals surface area contributed by atoms with E-state index in [1.54, 1.807) is 4.52 Å². The summed E-state index contributed by atoms with van der Waals surface area (Å²) in [6.45, 7) is 7.34. The van der Waals surface area contributed by atoms with Gasteiger partial charge in [0.25, 0.3) is 5.91 Å². The highest BCUT2D eigenvalue weighted by molar-refractivity contribution is 5.94. The molecule has 10 nitrogen and oxygen atoms in total. The molecule has 0 unspecified atom stereocenters. The molecular formula is C35H38N8O2. The number of anilines is 3. The quantitative estimate of drug-likeness (QED) is 0.278. The number of nitrogens with zero attached hydrogens (tertiary/aromatic N) is 7. The van der Waals surface area contributed by atoms with Gasteiger partial charge in [0.15, 0.2) is 5.65 Å². The summed E-state index contributed by atoms with van der Waals surface area (Å²) in [4.78, 5) is 29.0. The number of piperazine rings is 1. The Morgan fingerprint density at radius 1 is 0.889 bits per heavy atom. The van der Waals surface area contributed by atoms with Crippen LogP contribution in [0.15, 0.2) is 91.3 Å². The van der Waals surface area contributed by atoms with Crippen molar-refractivity contribution in [1.82, 2.24) is 29.4 Å². The largest absolute Gasteiger partial charge is 0.385 e. The number of aromatic nitrogens is 4. The first-order valence-corrected chi connectivity index (χ1v) is 15.6. The third kappa shape index (κ3) is 6.25. The summed E-state index contributed by atoms with van der Waals surface area (Å²) >= 11 is 0. The molecule has 230 valence electrons. The number of amides is 1. The van der Waals surface area contributed by atoms with Gasteiger partial charge in [-0.25, -0.2) is 4.52 Å². The van der Waals surface area contributed by atoms with Crippen LogP contribution in [0.3, 0.4) is 0 Å². The number of hydrogen-bond acceptors (Lipinski definition) is 8. The van der Waals surface area contributed by atoms with Gasteiger partial charge in [0, 0.05) is 69.5 Å². The Morgan fingerprint density at radius 3 is 2.36 bits per heavy atom. The van der Waals surface area contributed by atoms with Crippen LogP contribution >= 0.6 is 0 Å². The van der Waals surface area contributed by atoms with Gasteiger partial charge in [0.05, 0.1) is 17.0 Å². The lowest BCUT2D eigenvalue weighted by molar-refractivity contribution is 0.0118. The highest BCUT2D eigenvalue weighted by Crippen LogP contribution is 2.35. The lowest BCUT2D eigenvalue weighted by Gasteiger charge is -2.39. The highest BCUT2D eigenvalue weighted by atomic mass is 16.3. The summed E-state index contributed by atoms with van der Waals surface area (Å²) < 4.78 is 1.78. The smallest absolute Gasteiger partial charge is 0.253 e. The Kier molecular flexibility index (Phi) is 7.91. The van der Waals surface area contributed by atoms with Crippen molar-refractivity contribution >= 4 is 28.9 Å². The lowest BCUT2D eigenvalue weighted by atomic mass is 9.84. The van der Waals surface area contributed by atoms with E-state index >= 15 is 0 Å². The molecule has 3 aromatic heterocycles. The molecule has 5 heterocycles. The van der Waals surface area contributed by atoms with Crippen LogP contribution in [-0.4, -0.2) is 79.7 Å². The van der Waals surface area contributed by atoms with Crippen LogP contribution < -0.4 is 10.2 Å². The molecule has 0 bridgehead atoms. The number of carbonyl (C=O) groups is 1. The molecule has 0 aliphatic carbocycles. The molecule has 2 aliphatic heterocycles. The van der Waals surface area contributed by atoms with Crippen molar-refractivity contribution in [1.29, 1.82) is 0 Å². The van der Waals surface area contributed by atoms with Crippen LogP contribution in [0.4, 0.5) is 17.3 Å². The number of nitrogens with one attached hydrogen (secondary N) is 1. The molecule has 2 saturated heterocycles. The van der Waals surface area contributed by atoms with E-state index in [-0.39, 0.29) is 5.91 Å². The van der Waals surface area contributed by atoms with E-state index in [9.17, 15) is 9.90 Å². The number of benzene rings is 2. The first-order valence-electron chi connectivity index (χ1n) is 15.6. The third-order valence-electron chi connectivity index (χ3n) is 9.02. The summed E-state index contributed by atoms with van der Waals surface area (Å²) in [6, 6.07) is 25.7. The number of piperidine rings is 1. The van der Waals surface area contributed by atoms with Crippen LogP contribution in [0, 0.1) is 6.92 Å². The van der Waals surface area contributed by atoms with Crippen LogP contribution in [0.5, 0.6) is 0 Å². The zero-order valence-electron chi connectivity index (χ0n) is 25.5. The monoisotopic (exact) mass is 602 g/mol. The predicted octanol–water partition coefficient (Wildman–Crippen LogP) is 4.62. The summed E-state index contributed by atoms with van der Waals surface area (Å²) in [7, 11) is 0. The van der Waals surface area contributed by atoms with Gasteiger partial charge in [-0.3, -0.25) is 14.7 Å². The van der Waals surface area contributed by atoms with Crippen molar-refractivity contribution in [2.75, 3.05) is 49.5 Å². The van der Waals surface area contributed by atoms with Gasteiger partial charge in [0.2, 0.25) is 5.95 Å². The molecule has 0 spiro atoms. The van der Waals surface area contributed by atoms with Gasteiger partial charge in [-0.1, -0.05) is 35.9 Å². The van der Waals surface area contributed by atoms with Gasteiger partial charge >= 0.3 is 0 Å². The first-order chi connectivity index (χ1) is 21.9. The maximum Gasteiger partial charge on any atom is 0.253 e. The number of pyridine rings is 2. The number of rotatable bonds is 7. The van der Waals surface area contributed by atoms with E-state index in [0.29, 0.717) is 50.5 Å². The average molecular weight is 603 g/mol. The molecule has 1 amide bonds. The fourth-order valence-electron chi connectivity index (χ4n) is 6.30. The second-order valence-electron chi connectivity index (χ2n) is 12.1. The minimum Gasteiger partial charge on any atom is -0.385 e. The zero-order valence-corrected chi connectivity index (χ0v) is 25.5. The third-order valence-corrected chi connectivity index (χ3v) is 9.02. The Morgan fingerprint density at radius 2 is 1.64 bits per heavy atom. The van der Waals surface area contributed by atoms with E-state index in [0.717, 1.165) is 47.9 Å². The fourth-order valence-corrected chi connectivity index (χ4v) is 6.30. The molecule has 2 aliphatic rings. The Balaban J connectivity index is 0.969. The average Bonchev–Trinajstić information content (AvgIpc) is 3.49. The summed E-state index contributed by atoms with van der Waals surface area (Å²) in [5.41, 5.74) is 5.62. The van der Waals surface area contributed by atoms with Gasteiger partial charge in [-0.15, -0.1) is 5.10 Å². The SMILES string of the molecule is Cc1ccc(C2(O)CCN(c3cccn4nc(Nc5ccc(C(=O)N6CCN(Cc7ccccn7)CC6)cc5)nc34)CC2)cc1. The van der Waals surface area contributed by atoms with Gasteiger partial charge < -0.3 is 20.2 Å². The molecule has 45 heavy (non-hydrogen) atoms. The number of hydrogen-bond donors (Lipinski definition) is 2. The molecule has 7 rings (SSSR count). The molecule has 10 heteroatoms. The van der Waals surface area contributed by atoms with E-state index in [1.807, 2.05) is 78.0 Å². The van der Waals surface area contributed by atoms with E-state index in [4.69, 9.17) is 4.98 Å². The van der Waals surface area contributed by atoms with Crippen molar-refractivity contribution in [2.24, 2.45) is 0 Å². The van der Waals surface area contributed by atoms with Crippen LogP contribution in [-0.2, 0) is 12.1 Å². The van der Waals surface area contributed by atoms with Crippen molar-refractivity contribution in [2.45, 2.75) is 31.9 Å². The number of carbonyl (C=O) groups excluding carboxylic acids is 1. The minimum atomic E-state index is -0.822. The second kappa shape index (κ2) is 12.3. The number of aryl methyl sites for hydroxylation is 1. The van der Waals surface area contributed by atoms with Gasteiger partial charge in [-0.05, 0) is 73.9 Å². The molecule has 0 atom stereocenters. The van der Waals surface area contributed by atoms with E-state index < -0.39 is 5.60 Å². The van der Waals surface area contributed by atoms with Crippen LogP contribution in [0.25, 0.3) is 5.65 Å². The molecular weight excluding hydrogens is 564 g/mol. The summed E-state index contributed by atoms with van der Waals surface area (Å²) in [5.74, 6) is 0.532. The predicted molar refractivity (Wildman–Crippen MR) is 175 cm³/mol. The van der Waals surface area contributed by atoms with Gasteiger partial charge in [0.1, 0.15) is 0 Å². The minimum absolute atomic E-state index is 0.0466. The Hall–Kier alpha value is -4.80. The normalized spacial score (nSPS) is 17.0. The maximum atomic E-state index is 13.2. The fraction of sp³-hybridized carbons (Fsp3) is 0.314. The van der Waals surface area contributed by atoms with Crippen molar-refractivity contribution in [3.8, 4) is 0 Å². The van der Waals surface area contributed by atoms with Crippen molar-refractivity contribution in [3.63, 3.8) is 0 Å². The standard InChI is InChI=1S/C35H38N8O2/c1-26-7-11-28(12-8-26)35(45)15-19-41(20-16-35)31-6-4-18-43-32(31)38-34(39-43)37-29-13-9-27(10-14-29)33(44)42-23-21-40(22-24-42)25-30-5-2-3-17-36-30/h2-14,17-18,45H,15-16,19-25H2,1H3,(H,37,39). The topological polar surface area (TPSA) is 102 Å². The number of fused-ring (bicyclic) bond motifs is 1. The van der Waals surface area contributed by atoms with E-state index in [2.05, 4.69) is 50.3 Å². The number of aliphatic hydroxyl groups is 1. The summed E-state index contributed by atoms with van der Waals surface area (Å²) in [5, 5.41) is 19.3. The molecule has 0 radical (unpaired) electrons. The zero-order chi connectivity index (χ0) is 30.8. The molecule has 2 fully saturated rings. The molecule has 2 N–H and O–H groups in total. The van der Waals surface area contributed by atoms with Crippen molar-refractivity contribution < 1.29 is 9.90 Å². The first kappa shape index (κ1) is 28.9. The summed E-state index contributed by atoms with van der Waals surface area (Å²) in [6.07, 6.45) is 4.99. The van der Waals surface area contributed by atoms with E-state index in [1.165, 1.54) is 5.56 Å². The molecule has 0 saturated carbocycles. The highest BCUT2D eigenvalue weighted by Gasteiger charge is 2.34. The maximum absolute atomic E-state index is 13.2. The van der Waals surface area contributed by atoms with Gasteiger partial charge in [-0.2, -0.15) is 4.98 Å². The van der Waals surface area contributed by atoms with Crippen LogP contribution in [0.1, 0.15) is 40.0 Å². The van der Waals surface area contributed by atoms with Crippen LogP contribution in [0.2, 0.25) is 0 Å². The Labute approximate surface area is 263 Å². The lowest BCUT2D eigenvalue weighted by Crippen LogP contribution is -2.48.